The van der Waals surface area contributed by atoms with E-state index in [0.717, 1.165) is 21.6 Å². The maximum Gasteiger partial charge on any atom is 0.172 e. The molecule has 0 spiro atoms. The van der Waals surface area contributed by atoms with Gasteiger partial charge in [-0.1, -0.05) is 0 Å². The lowest BCUT2D eigenvalue weighted by atomic mass is 10.2. The first kappa shape index (κ1) is 10.9. The third-order valence-electron chi connectivity index (χ3n) is 1.68. The summed E-state index contributed by atoms with van der Waals surface area (Å²) in [5, 5.41) is 3.02. The summed E-state index contributed by atoms with van der Waals surface area (Å²) in [4.78, 5) is 12.3. The molecule has 0 saturated heterocycles. The predicted molar refractivity (Wildman–Crippen MR) is 59.5 cm³/mol. The monoisotopic (exact) mass is 261 g/mol. The number of hydrogen-bond donors (Lipinski definition) is 1. The van der Waals surface area contributed by atoms with Gasteiger partial charge in [-0.15, -0.1) is 11.3 Å². The van der Waals surface area contributed by atoms with Gasteiger partial charge in [-0.25, -0.2) is 0 Å². The molecule has 72 valence electrons. The van der Waals surface area contributed by atoms with Crippen LogP contribution in [-0.2, 0) is 0 Å². The first-order valence-corrected chi connectivity index (χ1v) is 5.78. The summed E-state index contributed by atoms with van der Waals surface area (Å²) < 4.78 is 1.02. The molecular weight excluding hydrogens is 250 g/mol. The Morgan fingerprint density at radius 3 is 2.92 bits per heavy atom. The van der Waals surface area contributed by atoms with E-state index in [0.29, 0.717) is 6.42 Å². The zero-order valence-corrected chi connectivity index (χ0v) is 9.87. The van der Waals surface area contributed by atoms with Crippen molar-refractivity contribution in [2.24, 2.45) is 0 Å². The summed E-state index contributed by atoms with van der Waals surface area (Å²) in [6, 6.07) is 3.78. The van der Waals surface area contributed by atoms with E-state index in [1.165, 1.54) is 11.3 Å². The topological polar surface area (TPSA) is 29.1 Å². The highest BCUT2D eigenvalue weighted by atomic mass is 79.9. The highest BCUT2D eigenvalue weighted by Gasteiger charge is 2.07. The Balaban J connectivity index is 2.40. The molecule has 13 heavy (non-hydrogen) atoms. The van der Waals surface area contributed by atoms with E-state index >= 15 is 0 Å². The molecule has 1 heterocycles. The van der Waals surface area contributed by atoms with Crippen LogP contribution < -0.4 is 5.32 Å². The molecule has 0 aliphatic carbocycles. The molecule has 0 atom stereocenters. The predicted octanol–water partition coefficient (Wildman–Crippen LogP) is 2.69. The zero-order chi connectivity index (χ0) is 9.68. The number of thiophene rings is 1. The summed E-state index contributed by atoms with van der Waals surface area (Å²) in [6.45, 7) is 0.901. The van der Waals surface area contributed by atoms with Gasteiger partial charge >= 0.3 is 0 Å². The lowest BCUT2D eigenvalue weighted by Gasteiger charge is -1.97. The van der Waals surface area contributed by atoms with Gasteiger partial charge in [0.05, 0.1) is 8.66 Å². The normalized spacial score (nSPS) is 10.3. The molecular formula is C9H12BrNOS. The fourth-order valence-electron chi connectivity index (χ4n) is 1.01. The molecule has 0 aliphatic heterocycles. The van der Waals surface area contributed by atoms with Crippen LogP contribution in [0.2, 0.25) is 0 Å². The van der Waals surface area contributed by atoms with Crippen molar-refractivity contribution in [2.75, 3.05) is 13.6 Å². The molecule has 1 N–H and O–H groups in total. The molecule has 1 aromatic rings. The Labute approximate surface area is 90.5 Å². The molecule has 1 aromatic heterocycles. The van der Waals surface area contributed by atoms with Crippen LogP contribution in [0.15, 0.2) is 15.9 Å². The number of carbonyl (C=O) groups excluding carboxylic acids is 1. The second-order valence-electron chi connectivity index (χ2n) is 2.73. The minimum Gasteiger partial charge on any atom is -0.320 e. The third-order valence-corrected chi connectivity index (χ3v) is 3.34. The van der Waals surface area contributed by atoms with Crippen molar-refractivity contribution in [1.82, 2.24) is 5.32 Å². The minimum atomic E-state index is 0.242. The molecule has 0 unspecified atom stereocenters. The molecule has 0 fully saturated rings. The molecule has 0 bridgehead atoms. The van der Waals surface area contributed by atoms with Crippen LogP contribution in [0, 0.1) is 0 Å². The number of halogens is 1. The van der Waals surface area contributed by atoms with E-state index in [2.05, 4.69) is 21.2 Å². The van der Waals surface area contributed by atoms with Gasteiger partial charge < -0.3 is 5.32 Å². The van der Waals surface area contributed by atoms with Crippen LogP contribution in [0.4, 0.5) is 0 Å². The van der Waals surface area contributed by atoms with Gasteiger partial charge in [0.15, 0.2) is 5.78 Å². The first-order chi connectivity index (χ1) is 6.24. The van der Waals surface area contributed by atoms with Gasteiger partial charge in [-0.2, -0.15) is 0 Å². The first-order valence-electron chi connectivity index (χ1n) is 4.17. The highest BCUT2D eigenvalue weighted by molar-refractivity contribution is 9.11. The number of Topliss-reactive ketones (excluding diaryl/α,β-unsaturated/α-hetero) is 1. The second-order valence-corrected chi connectivity index (χ2v) is 5.20. The van der Waals surface area contributed by atoms with E-state index in [9.17, 15) is 4.79 Å². The van der Waals surface area contributed by atoms with Crippen LogP contribution in [0.5, 0.6) is 0 Å². The Bertz CT molecular complexity index is 285. The third kappa shape index (κ3) is 3.58. The van der Waals surface area contributed by atoms with Gasteiger partial charge in [0.2, 0.25) is 0 Å². The van der Waals surface area contributed by atoms with Crippen LogP contribution in [0.25, 0.3) is 0 Å². The average Bonchev–Trinajstić information content (AvgIpc) is 2.52. The molecule has 1 rings (SSSR count). The molecule has 0 amide bonds. The second kappa shape index (κ2) is 5.52. The van der Waals surface area contributed by atoms with Crippen molar-refractivity contribution < 1.29 is 4.79 Å². The van der Waals surface area contributed by atoms with Gasteiger partial charge in [-0.05, 0) is 48.1 Å². The van der Waals surface area contributed by atoms with E-state index in [1.54, 1.807) is 0 Å². The molecule has 0 aromatic carbocycles. The van der Waals surface area contributed by atoms with Gasteiger partial charge in [0.25, 0.3) is 0 Å². The molecule has 0 aliphatic rings. The summed E-state index contributed by atoms with van der Waals surface area (Å²) in [6.07, 6.45) is 1.54. The summed E-state index contributed by atoms with van der Waals surface area (Å²) in [5.41, 5.74) is 0. The lowest BCUT2D eigenvalue weighted by Crippen LogP contribution is -2.09. The minimum absolute atomic E-state index is 0.242. The van der Waals surface area contributed by atoms with E-state index in [4.69, 9.17) is 0 Å². The molecule has 0 saturated carbocycles. The smallest absolute Gasteiger partial charge is 0.172 e. The standard InChI is InChI=1S/C9H12BrNOS/c1-11-6-2-3-7(12)8-4-5-9(10)13-8/h4-5,11H,2-3,6H2,1H3. The molecule has 4 heteroatoms. The van der Waals surface area contributed by atoms with Crippen molar-refractivity contribution in [2.45, 2.75) is 12.8 Å². The Hall–Kier alpha value is -0.190. The Morgan fingerprint density at radius 1 is 1.62 bits per heavy atom. The number of nitrogens with one attached hydrogen (secondary N) is 1. The average molecular weight is 262 g/mol. The number of hydrogen-bond acceptors (Lipinski definition) is 3. The largest absolute Gasteiger partial charge is 0.320 e. The number of carbonyl (C=O) groups is 1. The zero-order valence-electron chi connectivity index (χ0n) is 7.47. The fourth-order valence-corrected chi connectivity index (χ4v) is 2.37. The summed E-state index contributed by atoms with van der Waals surface area (Å²) in [7, 11) is 1.90. The van der Waals surface area contributed by atoms with Crippen molar-refractivity contribution in [3.8, 4) is 0 Å². The highest BCUT2D eigenvalue weighted by Crippen LogP contribution is 2.23. The van der Waals surface area contributed by atoms with Crippen molar-refractivity contribution in [3.63, 3.8) is 0 Å². The summed E-state index contributed by atoms with van der Waals surface area (Å²) >= 11 is 4.84. The van der Waals surface area contributed by atoms with Crippen LogP contribution in [-0.4, -0.2) is 19.4 Å². The number of ketones is 1. The van der Waals surface area contributed by atoms with E-state index in [-0.39, 0.29) is 5.78 Å². The maximum atomic E-state index is 11.5. The van der Waals surface area contributed by atoms with Gasteiger partial charge in [-0.3, -0.25) is 4.79 Å². The van der Waals surface area contributed by atoms with Crippen LogP contribution in [0.1, 0.15) is 22.5 Å². The van der Waals surface area contributed by atoms with Crippen molar-refractivity contribution in [1.29, 1.82) is 0 Å². The molecule has 2 nitrogen and oxygen atoms in total. The van der Waals surface area contributed by atoms with Gasteiger partial charge in [0.1, 0.15) is 0 Å². The Kier molecular flexibility index (Phi) is 4.62. The van der Waals surface area contributed by atoms with E-state index in [1.807, 2.05) is 19.2 Å². The SMILES string of the molecule is CNCCCC(=O)c1ccc(Br)s1. The fraction of sp³-hybridized carbons (Fsp3) is 0.444. The Morgan fingerprint density at radius 2 is 2.38 bits per heavy atom. The van der Waals surface area contributed by atoms with Crippen LogP contribution in [0.3, 0.4) is 0 Å². The van der Waals surface area contributed by atoms with Crippen molar-refractivity contribution >= 4 is 33.0 Å². The number of rotatable bonds is 5. The maximum absolute atomic E-state index is 11.5. The summed E-state index contributed by atoms with van der Waals surface area (Å²) in [5.74, 6) is 0.242. The molecule has 0 radical (unpaired) electrons. The van der Waals surface area contributed by atoms with Gasteiger partial charge in [0, 0.05) is 6.42 Å². The van der Waals surface area contributed by atoms with E-state index < -0.39 is 0 Å². The van der Waals surface area contributed by atoms with Crippen molar-refractivity contribution in [3.05, 3.63) is 20.8 Å². The quantitative estimate of drug-likeness (QED) is 0.653. The van der Waals surface area contributed by atoms with Crippen LogP contribution >= 0.6 is 27.3 Å². The lowest BCUT2D eigenvalue weighted by molar-refractivity contribution is 0.0984.